The summed E-state index contributed by atoms with van der Waals surface area (Å²) in [4.78, 5) is 0. The first kappa shape index (κ1) is 5.44. The van der Waals surface area contributed by atoms with Crippen molar-refractivity contribution in [2.75, 3.05) is 13.3 Å². The molecule has 0 bridgehead atoms. The van der Waals surface area contributed by atoms with Gasteiger partial charge in [0, 0.05) is 5.70 Å². The molecular formula is C5H10N2O. The Morgan fingerprint density at radius 2 is 2.38 bits per heavy atom. The van der Waals surface area contributed by atoms with E-state index in [4.69, 9.17) is 5.11 Å². The van der Waals surface area contributed by atoms with E-state index in [1.54, 1.807) is 0 Å². The lowest BCUT2D eigenvalue weighted by molar-refractivity contribution is 0.323. The van der Waals surface area contributed by atoms with Crippen molar-refractivity contribution in [1.29, 1.82) is 0 Å². The zero-order valence-electron chi connectivity index (χ0n) is 4.86. The molecule has 0 saturated carbocycles. The lowest BCUT2D eigenvalue weighted by Gasteiger charge is -1.94. The molecule has 0 saturated heterocycles. The maximum absolute atomic E-state index is 8.58. The van der Waals surface area contributed by atoms with Crippen molar-refractivity contribution in [2.24, 2.45) is 0 Å². The van der Waals surface area contributed by atoms with Crippen LogP contribution in [0.25, 0.3) is 0 Å². The van der Waals surface area contributed by atoms with Gasteiger partial charge in [0.1, 0.15) is 0 Å². The second kappa shape index (κ2) is 2.05. The molecule has 3 heteroatoms. The van der Waals surface area contributed by atoms with Crippen LogP contribution in [0.4, 0.5) is 0 Å². The van der Waals surface area contributed by atoms with Crippen LogP contribution in [-0.2, 0) is 0 Å². The lowest BCUT2D eigenvalue weighted by Crippen LogP contribution is -2.15. The van der Waals surface area contributed by atoms with Crippen molar-refractivity contribution < 1.29 is 5.11 Å². The molecule has 0 fully saturated rings. The third kappa shape index (κ3) is 0.767. The Hall–Kier alpha value is -0.700. The summed E-state index contributed by atoms with van der Waals surface area (Å²) in [6.45, 7) is 2.80. The largest absolute Gasteiger partial charge is 0.390 e. The number of hydrogen-bond donors (Lipinski definition) is 3. The van der Waals surface area contributed by atoms with E-state index in [0.717, 1.165) is 18.1 Å². The topological polar surface area (TPSA) is 44.3 Å². The van der Waals surface area contributed by atoms with E-state index in [9.17, 15) is 0 Å². The smallest absolute Gasteiger partial charge is 0.0846 e. The molecule has 0 atom stereocenters. The van der Waals surface area contributed by atoms with Crippen molar-refractivity contribution in [2.45, 2.75) is 6.92 Å². The third-order valence-corrected chi connectivity index (χ3v) is 1.27. The van der Waals surface area contributed by atoms with Crippen LogP contribution in [-0.4, -0.2) is 18.4 Å². The number of allylic oxidation sites excluding steroid dienone is 1. The summed E-state index contributed by atoms with van der Waals surface area (Å²) < 4.78 is 0. The molecule has 0 amide bonds. The Morgan fingerprint density at radius 1 is 1.62 bits per heavy atom. The molecule has 3 nitrogen and oxygen atoms in total. The summed E-state index contributed by atoms with van der Waals surface area (Å²) in [5.41, 5.74) is 1.96. The molecule has 0 unspecified atom stereocenters. The van der Waals surface area contributed by atoms with E-state index in [-0.39, 0.29) is 6.61 Å². The van der Waals surface area contributed by atoms with Crippen molar-refractivity contribution in [3.05, 3.63) is 11.4 Å². The van der Waals surface area contributed by atoms with Crippen molar-refractivity contribution >= 4 is 0 Å². The quantitative estimate of drug-likeness (QED) is 0.425. The van der Waals surface area contributed by atoms with Crippen LogP contribution < -0.4 is 10.6 Å². The van der Waals surface area contributed by atoms with E-state index < -0.39 is 0 Å². The van der Waals surface area contributed by atoms with E-state index >= 15 is 0 Å². The molecule has 0 aliphatic carbocycles. The number of rotatable bonds is 1. The molecule has 0 spiro atoms. The summed E-state index contributed by atoms with van der Waals surface area (Å²) in [5.74, 6) is 0. The van der Waals surface area contributed by atoms with Gasteiger partial charge in [0.05, 0.1) is 19.0 Å². The number of nitrogens with one attached hydrogen (secondary N) is 2. The minimum atomic E-state index is 0.110. The standard InChI is InChI=1S/C5H10N2O/c1-4-5(2-8)7-3-6-4/h6-8H,2-3H2,1H3. The van der Waals surface area contributed by atoms with Crippen LogP contribution in [0, 0.1) is 0 Å². The molecule has 0 aromatic carbocycles. The normalized spacial score (nSPS) is 18.2. The van der Waals surface area contributed by atoms with Gasteiger partial charge in [-0.25, -0.2) is 0 Å². The van der Waals surface area contributed by atoms with Crippen LogP contribution in [0.1, 0.15) is 6.92 Å². The van der Waals surface area contributed by atoms with Gasteiger partial charge >= 0.3 is 0 Å². The molecule has 8 heavy (non-hydrogen) atoms. The molecule has 1 aliphatic heterocycles. The summed E-state index contributed by atoms with van der Waals surface area (Å²) in [5, 5.41) is 14.6. The molecule has 1 aliphatic rings. The third-order valence-electron chi connectivity index (χ3n) is 1.27. The fraction of sp³-hybridized carbons (Fsp3) is 0.600. The van der Waals surface area contributed by atoms with Gasteiger partial charge in [-0.2, -0.15) is 0 Å². The molecule has 0 radical (unpaired) electrons. The van der Waals surface area contributed by atoms with Crippen LogP contribution in [0.5, 0.6) is 0 Å². The van der Waals surface area contributed by atoms with Gasteiger partial charge < -0.3 is 15.7 Å². The van der Waals surface area contributed by atoms with E-state index in [2.05, 4.69) is 10.6 Å². The molecule has 3 N–H and O–H groups in total. The zero-order valence-corrected chi connectivity index (χ0v) is 4.86. The fourth-order valence-corrected chi connectivity index (χ4v) is 0.697. The predicted molar refractivity (Wildman–Crippen MR) is 30.9 cm³/mol. The summed E-state index contributed by atoms with van der Waals surface area (Å²) >= 11 is 0. The van der Waals surface area contributed by atoms with E-state index in [0.29, 0.717) is 0 Å². The van der Waals surface area contributed by atoms with Gasteiger partial charge in [0.25, 0.3) is 0 Å². The summed E-state index contributed by atoms with van der Waals surface area (Å²) in [6.07, 6.45) is 0. The first-order chi connectivity index (χ1) is 3.84. The Balaban J connectivity index is 2.58. The van der Waals surface area contributed by atoms with Gasteiger partial charge in [0.15, 0.2) is 0 Å². The monoisotopic (exact) mass is 114 g/mol. The number of hydrogen-bond acceptors (Lipinski definition) is 3. The first-order valence-electron chi connectivity index (χ1n) is 2.63. The summed E-state index contributed by atoms with van der Waals surface area (Å²) in [6, 6.07) is 0. The zero-order chi connectivity index (χ0) is 5.98. The molecule has 1 rings (SSSR count). The van der Waals surface area contributed by atoms with Crippen LogP contribution in [0.15, 0.2) is 11.4 Å². The Bertz CT molecular complexity index is 120. The number of aliphatic hydroxyl groups excluding tert-OH is 1. The van der Waals surface area contributed by atoms with Crippen molar-refractivity contribution in [3.63, 3.8) is 0 Å². The molecule has 46 valence electrons. The van der Waals surface area contributed by atoms with Crippen LogP contribution in [0.3, 0.4) is 0 Å². The van der Waals surface area contributed by atoms with E-state index in [1.165, 1.54) is 0 Å². The molecular weight excluding hydrogens is 104 g/mol. The highest BCUT2D eigenvalue weighted by Crippen LogP contribution is 1.99. The summed E-state index contributed by atoms with van der Waals surface area (Å²) in [7, 11) is 0. The fourth-order valence-electron chi connectivity index (χ4n) is 0.697. The minimum Gasteiger partial charge on any atom is -0.390 e. The van der Waals surface area contributed by atoms with Crippen LogP contribution >= 0.6 is 0 Å². The first-order valence-corrected chi connectivity index (χ1v) is 2.63. The van der Waals surface area contributed by atoms with Crippen LogP contribution in [0.2, 0.25) is 0 Å². The van der Waals surface area contributed by atoms with Gasteiger partial charge in [-0.15, -0.1) is 0 Å². The second-order valence-corrected chi connectivity index (χ2v) is 1.79. The lowest BCUT2D eigenvalue weighted by atomic mass is 10.4. The molecule has 0 aromatic heterocycles. The highest BCUT2D eigenvalue weighted by atomic mass is 16.3. The maximum Gasteiger partial charge on any atom is 0.0846 e. The van der Waals surface area contributed by atoms with E-state index in [1.807, 2.05) is 6.92 Å². The van der Waals surface area contributed by atoms with Crippen molar-refractivity contribution in [1.82, 2.24) is 10.6 Å². The predicted octanol–water partition coefficient (Wildman–Crippen LogP) is -0.640. The molecule has 1 heterocycles. The highest BCUT2D eigenvalue weighted by molar-refractivity contribution is 5.12. The minimum absolute atomic E-state index is 0.110. The SMILES string of the molecule is CC1=C(CO)NCN1. The average molecular weight is 114 g/mol. The van der Waals surface area contributed by atoms with Gasteiger partial charge in [-0.1, -0.05) is 0 Å². The Morgan fingerprint density at radius 3 is 2.62 bits per heavy atom. The van der Waals surface area contributed by atoms with Gasteiger partial charge in [-0.3, -0.25) is 0 Å². The van der Waals surface area contributed by atoms with Gasteiger partial charge in [0.2, 0.25) is 0 Å². The second-order valence-electron chi connectivity index (χ2n) is 1.79. The Kier molecular flexibility index (Phi) is 1.39. The van der Waals surface area contributed by atoms with Crippen molar-refractivity contribution in [3.8, 4) is 0 Å². The molecule has 0 aromatic rings. The highest BCUT2D eigenvalue weighted by Gasteiger charge is 2.05. The Labute approximate surface area is 48.4 Å². The average Bonchev–Trinajstić information content (AvgIpc) is 2.14. The maximum atomic E-state index is 8.58. The van der Waals surface area contributed by atoms with Gasteiger partial charge in [-0.05, 0) is 6.92 Å². The number of aliphatic hydroxyl groups is 1.